The molecule has 0 aliphatic rings. The van der Waals surface area contributed by atoms with Gasteiger partial charge in [0.15, 0.2) is 0 Å². The minimum atomic E-state index is -0.0596. The molecule has 1 atom stereocenters. The van der Waals surface area contributed by atoms with Crippen LogP contribution in [0.1, 0.15) is 59.3 Å². The summed E-state index contributed by atoms with van der Waals surface area (Å²) >= 11 is 0. The van der Waals surface area contributed by atoms with Gasteiger partial charge >= 0.3 is 0 Å². The fourth-order valence-corrected chi connectivity index (χ4v) is 1.64. The zero-order valence-electron chi connectivity index (χ0n) is 11.1. The molecule has 0 aromatic carbocycles. The molecular weight excluding hydrogens is 200 g/mol. The van der Waals surface area contributed by atoms with Gasteiger partial charge in [0, 0.05) is 6.54 Å². The monoisotopic (exact) mass is 228 g/mol. The fourth-order valence-electron chi connectivity index (χ4n) is 1.64. The van der Waals surface area contributed by atoms with Gasteiger partial charge in [-0.15, -0.1) is 0 Å². The van der Waals surface area contributed by atoms with Crippen LogP contribution in [0.25, 0.3) is 0 Å². The third kappa shape index (κ3) is 8.72. The summed E-state index contributed by atoms with van der Waals surface area (Å²) in [6, 6.07) is -0.0596. The summed E-state index contributed by atoms with van der Waals surface area (Å²) in [5.41, 5.74) is 0. The molecule has 0 rings (SSSR count). The van der Waals surface area contributed by atoms with Gasteiger partial charge in [-0.25, -0.2) is 0 Å². The number of amides is 1. The smallest absolute Gasteiger partial charge is 0.236 e. The second-order valence-corrected chi connectivity index (χ2v) is 4.34. The molecule has 0 fully saturated rings. The zero-order valence-corrected chi connectivity index (χ0v) is 11.1. The van der Waals surface area contributed by atoms with Crippen LogP contribution in [-0.4, -0.2) is 25.0 Å². The van der Waals surface area contributed by atoms with Gasteiger partial charge in [0.2, 0.25) is 5.91 Å². The van der Waals surface area contributed by atoms with Gasteiger partial charge in [-0.1, -0.05) is 39.0 Å². The van der Waals surface area contributed by atoms with E-state index < -0.39 is 0 Å². The first-order valence-corrected chi connectivity index (χ1v) is 6.73. The molecule has 1 unspecified atom stereocenters. The predicted octanol–water partition coefficient (Wildman–Crippen LogP) is 2.46. The van der Waals surface area contributed by atoms with E-state index in [0.717, 1.165) is 6.54 Å². The minimum absolute atomic E-state index is 0.0596. The highest BCUT2D eigenvalue weighted by Crippen LogP contribution is 2.04. The van der Waals surface area contributed by atoms with Gasteiger partial charge in [0.1, 0.15) is 0 Å². The lowest BCUT2D eigenvalue weighted by Crippen LogP contribution is -2.42. The quantitative estimate of drug-likeness (QED) is 0.564. The first-order chi connectivity index (χ1) is 7.72. The lowest BCUT2D eigenvalue weighted by atomic mass is 10.1. The van der Waals surface area contributed by atoms with Crippen molar-refractivity contribution in [3.8, 4) is 0 Å². The maximum Gasteiger partial charge on any atom is 0.236 e. The number of hydrogen-bond acceptors (Lipinski definition) is 2. The third-order valence-corrected chi connectivity index (χ3v) is 2.73. The van der Waals surface area contributed by atoms with Crippen molar-refractivity contribution in [3.63, 3.8) is 0 Å². The molecule has 16 heavy (non-hydrogen) atoms. The van der Waals surface area contributed by atoms with E-state index in [1.165, 1.54) is 38.5 Å². The minimum Gasteiger partial charge on any atom is -0.355 e. The topological polar surface area (TPSA) is 41.1 Å². The molecule has 0 aliphatic carbocycles. The predicted molar refractivity (Wildman–Crippen MR) is 69.5 cm³/mol. The van der Waals surface area contributed by atoms with Crippen molar-refractivity contribution in [2.45, 2.75) is 65.3 Å². The van der Waals surface area contributed by atoms with Crippen LogP contribution in [0, 0.1) is 0 Å². The van der Waals surface area contributed by atoms with E-state index in [2.05, 4.69) is 17.6 Å². The molecule has 0 saturated heterocycles. The Bertz CT molecular complexity index is 171. The average Bonchev–Trinajstić information content (AvgIpc) is 2.28. The summed E-state index contributed by atoms with van der Waals surface area (Å²) in [4.78, 5) is 11.4. The van der Waals surface area contributed by atoms with E-state index in [-0.39, 0.29) is 11.9 Å². The number of hydrogen-bond donors (Lipinski definition) is 2. The Balaban J connectivity index is 3.27. The molecule has 0 aliphatic heterocycles. The Hall–Kier alpha value is -0.570. The number of nitrogens with one attached hydrogen (secondary N) is 2. The van der Waals surface area contributed by atoms with Crippen molar-refractivity contribution >= 4 is 5.91 Å². The molecule has 0 saturated carbocycles. The zero-order chi connectivity index (χ0) is 12.2. The third-order valence-electron chi connectivity index (χ3n) is 2.73. The van der Waals surface area contributed by atoms with E-state index in [9.17, 15) is 4.79 Å². The Morgan fingerprint density at radius 3 is 2.31 bits per heavy atom. The SMILES string of the molecule is CCCCCCCCNC(C)C(=O)NCC. The summed E-state index contributed by atoms with van der Waals surface area (Å²) in [5.74, 6) is 0.105. The van der Waals surface area contributed by atoms with Crippen molar-refractivity contribution in [2.75, 3.05) is 13.1 Å². The number of carbonyl (C=O) groups excluding carboxylic acids is 1. The number of likely N-dealkylation sites (N-methyl/N-ethyl adjacent to an activating group) is 1. The summed E-state index contributed by atoms with van der Waals surface area (Å²) in [6.07, 6.45) is 7.77. The van der Waals surface area contributed by atoms with Crippen LogP contribution in [0.4, 0.5) is 0 Å². The maximum atomic E-state index is 11.4. The van der Waals surface area contributed by atoms with Crippen LogP contribution in [0.15, 0.2) is 0 Å². The van der Waals surface area contributed by atoms with Crippen molar-refractivity contribution in [2.24, 2.45) is 0 Å². The van der Waals surface area contributed by atoms with Crippen LogP contribution >= 0.6 is 0 Å². The first kappa shape index (κ1) is 15.4. The first-order valence-electron chi connectivity index (χ1n) is 6.73. The van der Waals surface area contributed by atoms with Crippen molar-refractivity contribution in [1.82, 2.24) is 10.6 Å². The van der Waals surface area contributed by atoms with Gasteiger partial charge in [-0.3, -0.25) is 4.79 Å². The summed E-state index contributed by atoms with van der Waals surface area (Å²) in [5, 5.41) is 6.06. The number of carbonyl (C=O) groups is 1. The average molecular weight is 228 g/mol. The van der Waals surface area contributed by atoms with Crippen LogP contribution in [-0.2, 0) is 4.79 Å². The van der Waals surface area contributed by atoms with Crippen molar-refractivity contribution in [3.05, 3.63) is 0 Å². The van der Waals surface area contributed by atoms with Gasteiger partial charge in [0.05, 0.1) is 6.04 Å². The molecule has 0 aromatic heterocycles. The summed E-state index contributed by atoms with van der Waals surface area (Å²) in [7, 11) is 0. The highest BCUT2D eigenvalue weighted by molar-refractivity contribution is 5.81. The Labute approximate surface area is 100 Å². The van der Waals surface area contributed by atoms with Gasteiger partial charge in [-0.05, 0) is 26.8 Å². The van der Waals surface area contributed by atoms with Gasteiger partial charge < -0.3 is 10.6 Å². The molecule has 0 aromatic rings. The van der Waals surface area contributed by atoms with E-state index in [0.29, 0.717) is 6.54 Å². The molecule has 0 bridgehead atoms. The standard InChI is InChI=1S/C13H28N2O/c1-4-6-7-8-9-10-11-15-12(3)13(16)14-5-2/h12,15H,4-11H2,1-3H3,(H,14,16). The van der Waals surface area contributed by atoms with E-state index >= 15 is 0 Å². The summed E-state index contributed by atoms with van der Waals surface area (Å²) in [6.45, 7) is 7.75. The lowest BCUT2D eigenvalue weighted by molar-refractivity contribution is -0.122. The van der Waals surface area contributed by atoms with E-state index in [4.69, 9.17) is 0 Å². The largest absolute Gasteiger partial charge is 0.355 e. The van der Waals surface area contributed by atoms with Crippen LogP contribution in [0.3, 0.4) is 0 Å². The molecule has 96 valence electrons. The number of unbranched alkanes of at least 4 members (excludes halogenated alkanes) is 5. The molecule has 3 heteroatoms. The number of rotatable bonds is 10. The Morgan fingerprint density at radius 2 is 1.69 bits per heavy atom. The van der Waals surface area contributed by atoms with E-state index in [1.54, 1.807) is 0 Å². The Morgan fingerprint density at radius 1 is 1.06 bits per heavy atom. The van der Waals surface area contributed by atoms with Crippen molar-refractivity contribution < 1.29 is 4.79 Å². The molecule has 2 N–H and O–H groups in total. The molecule has 3 nitrogen and oxygen atoms in total. The van der Waals surface area contributed by atoms with Gasteiger partial charge in [-0.2, -0.15) is 0 Å². The van der Waals surface area contributed by atoms with Gasteiger partial charge in [0.25, 0.3) is 0 Å². The van der Waals surface area contributed by atoms with E-state index in [1.807, 2.05) is 13.8 Å². The second kappa shape index (κ2) is 10.9. The fraction of sp³-hybridized carbons (Fsp3) is 0.923. The highest BCUT2D eigenvalue weighted by atomic mass is 16.2. The van der Waals surface area contributed by atoms with Crippen LogP contribution in [0.5, 0.6) is 0 Å². The van der Waals surface area contributed by atoms with Crippen LogP contribution < -0.4 is 10.6 Å². The highest BCUT2D eigenvalue weighted by Gasteiger charge is 2.09. The molecule has 0 radical (unpaired) electrons. The normalized spacial score (nSPS) is 12.4. The van der Waals surface area contributed by atoms with Crippen LogP contribution in [0.2, 0.25) is 0 Å². The Kier molecular flexibility index (Phi) is 10.5. The lowest BCUT2D eigenvalue weighted by Gasteiger charge is -2.12. The summed E-state index contributed by atoms with van der Waals surface area (Å²) < 4.78 is 0. The molecule has 0 heterocycles. The second-order valence-electron chi connectivity index (χ2n) is 4.34. The molecular formula is C13H28N2O. The van der Waals surface area contributed by atoms with Crippen molar-refractivity contribution in [1.29, 1.82) is 0 Å². The maximum absolute atomic E-state index is 11.4. The molecule has 0 spiro atoms. The molecule has 1 amide bonds.